The summed E-state index contributed by atoms with van der Waals surface area (Å²) in [6, 6.07) is 0. The molecular weight excluding hydrogens is 208 g/mol. The molecule has 0 aromatic heterocycles. The Morgan fingerprint density at radius 2 is 1.29 bits per heavy atom. The van der Waals surface area contributed by atoms with E-state index in [-0.39, 0.29) is 6.61 Å². The SMILES string of the molecule is CCCCC/C=C/CC/C=C/C=C/CCCO. The summed E-state index contributed by atoms with van der Waals surface area (Å²) in [5, 5.41) is 8.58. The van der Waals surface area contributed by atoms with E-state index in [1.165, 1.54) is 25.7 Å². The second-order valence-corrected chi connectivity index (χ2v) is 4.27. The minimum atomic E-state index is 0.289. The van der Waals surface area contributed by atoms with Gasteiger partial charge >= 0.3 is 0 Å². The van der Waals surface area contributed by atoms with Crippen molar-refractivity contribution in [2.24, 2.45) is 0 Å². The van der Waals surface area contributed by atoms with E-state index in [2.05, 4.69) is 43.4 Å². The van der Waals surface area contributed by atoms with Crippen molar-refractivity contribution in [2.45, 2.75) is 58.3 Å². The fourth-order valence-corrected chi connectivity index (χ4v) is 1.50. The van der Waals surface area contributed by atoms with Crippen LogP contribution in [0, 0.1) is 0 Å². The summed E-state index contributed by atoms with van der Waals surface area (Å²) in [6.45, 7) is 2.53. The number of rotatable bonds is 11. The number of allylic oxidation sites excluding steroid dienone is 6. The lowest BCUT2D eigenvalue weighted by molar-refractivity contribution is 0.289. The van der Waals surface area contributed by atoms with Gasteiger partial charge in [-0.15, -0.1) is 0 Å². The van der Waals surface area contributed by atoms with Crippen LogP contribution in [0.4, 0.5) is 0 Å². The number of hydrogen-bond donors (Lipinski definition) is 1. The highest BCUT2D eigenvalue weighted by atomic mass is 16.2. The van der Waals surface area contributed by atoms with Crippen LogP contribution in [-0.4, -0.2) is 11.7 Å². The van der Waals surface area contributed by atoms with Crippen molar-refractivity contribution >= 4 is 0 Å². The molecule has 0 aliphatic carbocycles. The molecule has 0 aromatic carbocycles. The van der Waals surface area contributed by atoms with Crippen molar-refractivity contribution in [3.8, 4) is 0 Å². The summed E-state index contributed by atoms with van der Waals surface area (Å²) < 4.78 is 0. The zero-order valence-electron chi connectivity index (χ0n) is 11.3. The highest BCUT2D eigenvalue weighted by Crippen LogP contribution is 2.01. The first-order chi connectivity index (χ1) is 8.41. The predicted molar refractivity (Wildman–Crippen MR) is 77.1 cm³/mol. The Hall–Kier alpha value is -0.820. The van der Waals surface area contributed by atoms with Gasteiger partial charge in [-0.3, -0.25) is 0 Å². The molecule has 0 atom stereocenters. The van der Waals surface area contributed by atoms with E-state index < -0.39 is 0 Å². The average Bonchev–Trinajstić information content (AvgIpc) is 2.35. The van der Waals surface area contributed by atoms with Gasteiger partial charge in [0, 0.05) is 6.61 Å². The molecule has 0 rings (SSSR count). The summed E-state index contributed by atoms with van der Waals surface area (Å²) in [7, 11) is 0. The molecule has 0 bridgehead atoms. The Bertz CT molecular complexity index is 214. The molecule has 17 heavy (non-hydrogen) atoms. The van der Waals surface area contributed by atoms with E-state index in [1.54, 1.807) is 0 Å². The molecule has 0 fully saturated rings. The van der Waals surface area contributed by atoms with Gasteiger partial charge in [-0.05, 0) is 38.5 Å². The van der Waals surface area contributed by atoms with Crippen LogP contribution < -0.4 is 0 Å². The van der Waals surface area contributed by atoms with Crippen LogP contribution in [0.25, 0.3) is 0 Å². The Morgan fingerprint density at radius 3 is 2.00 bits per heavy atom. The number of aliphatic hydroxyl groups excluding tert-OH is 1. The van der Waals surface area contributed by atoms with Crippen molar-refractivity contribution in [1.82, 2.24) is 0 Å². The normalized spacial score (nSPS) is 12.4. The first-order valence-corrected chi connectivity index (χ1v) is 6.99. The van der Waals surface area contributed by atoms with Gasteiger partial charge in [0.15, 0.2) is 0 Å². The van der Waals surface area contributed by atoms with E-state index in [4.69, 9.17) is 5.11 Å². The number of aliphatic hydroxyl groups is 1. The molecule has 0 saturated heterocycles. The maximum absolute atomic E-state index is 8.58. The first kappa shape index (κ1) is 16.2. The van der Waals surface area contributed by atoms with Gasteiger partial charge in [0.05, 0.1) is 0 Å². The Morgan fingerprint density at radius 1 is 0.706 bits per heavy atom. The summed E-state index contributed by atoms with van der Waals surface area (Å²) >= 11 is 0. The lowest BCUT2D eigenvalue weighted by Crippen LogP contribution is -1.77. The third-order valence-corrected chi connectivity index (χ3v) is 2.55. The Labute approximate surface area is 107 Å². The molecule has 0 saturated carbocycles. The largest absolute Gasteiger partial charge is 0.396 e. The smallest absolute Gasteiger partial charge is 0.0433 e. The molecule has 1 N–H and O–H groups in total. The monoisotopic (exact) mass is 236 g/mol. The molecule has 0 aromatic rings. The van der Waals surface area contributed by atoms with Crippen molar-refractivity contribution in [3.05, 3.63) is 36.5 Å². The molecule has 1 nitrogen and oxygen atoms in total. The van der Waals surface area contributed by atoms with Crippen molar-refractivity contribution in [2.75, 3.05) is 6.61 Å². The lowest BCUT2D eigenvalue weighted by Gasteiger charge is -1.91. The topological polar surface area (TPSA) is 20.2 Å². The van der Waals surface area contributed by atoms with Gasteiger partial charge in [-0.25, -0.2) is 0 Å². The molecule has 0 amide bonds. The average molecular weight is 236 g/mol. The van der Waals surface area contributed by atoms with Gasteiger partial charge in [0.25, 0.3) is 0 Å². The van der Waals surface area contributed by atoms with Crippen LogP contribution in [0.5, 0.6) is 0 Å². The molecule has 0 aliphatic heterocycles. The van der Waals surface area contributed by atoms with Crippen LogP contribution in [0.3, 0.4) is 0 Å². The fraction of sp³-hybridized carbons (Fsp3) is 0.625. The Kier molecular flexibility index (Phi) is 14.4. The van der Waals surface area contributed by atoms with Crippen molar-refractivity contribution < 1.29 is 5.11 Å². The lowest BCUT2D eigenvalue weighted by atomic mass is 10.2. The quantitative estimate of drug-likeness (QED) is 0.311. The minimum Gasteiger partial charge on any atom is -0.396 e. The summed E-state index contributed by atoms with van der Waals surface area (Å²) in [6.07, 6.45) is 22.4. The van der Waals surface area contributed by atoms with Crippen molar-refractivity contribution in [1.29, 1.82) is 0 Å². The molecule has 1 heteroatoms. The third-order valence-electron chi connectivity index (χ3n) is 2.55. The highest BCUT2D eigenvalue weighted by molar-refractivity contribution is 5.02. The van der Waals surface area contributed by atoms with Crippen LogP contribution in [0.1, 0.15) is 58.3 Å². The maximum Gasteiger partial charge on any atom is 0.0433 e. The Balaban J connectivity index is 3.26. The summed E-state index contributed by atoms with van der Waals surface area (Å²) in [5.74, 6) is 0. The second-order valence-electron chi connectivity index (χ2n) is 4.27. The van der Waals surface area contributed by atoms with E-state index >= 15 is 0 Å². The molecule has 0 heterocycles. The molecule has 0 aliphatic rings. The van der Waals surface area contributed by atoms with Crippen LogP contribution >= 0.6 is 0 Å². The van der Waals surface area contributed by atoms with E-state index in [9.17, 15) is 0 Å². The molecular formula is C16H28O. The number of unbranched alkanes of at least 4 members (excludes halogenated alkanes) is 5. The molecule has 0 spiro atoms. The minimum absolute atomic E-state index is 0.289. The van der Waals surface area contributed by atoms with Gasteiger partial charge in [-0.2, -0.15) is 0 Å². The van der Waals surface area contributed by atoms with Crippen LogP contribution in [-0.2, 0) is 0 Å². The van der Waals surface area contributed by atoms with Crippen LogP contribution in [0.15, 0.2) is 36.5 Å². The molecule has 98 valence electrons. The van der Waals surface area contributed by atoms with Gasteiger partial charge in [0.2, 0.25) is 0 Å². The first-order valence-electron chi connectivity index (χ1n) is 6.99. The second kappa shape index (κ2) is 15.2. The third kappa shape index (κ3) is 15.2. The molecule has 0 radical (unpaired) electrons. The predicted octanol–water partition coefficient (Wildman–Crippen LogP) is 4.79. The zero-order chi connectivity index (χ0) is 12.6. The van der Waals surface area contributed by atoms with Gasteiger partial charge < -0.3 is 5.11 Å². The standard InChI is InChI=1S/C16H28O/c1-2-3-4-5-6-7-8-9-10-11-12-13-14-15-16-17/h6-7,10-13,17H,2-5,8-9,14-16H2,1H3/b7-6+,11-10+,13-12+. The number of hydrogen-bond acceptors (Lipinski definition) is 1. The van der Waals surface area contributed by atoms with Gasteiger partial charge in [-0.1, -0.05) is 56.2 Å². The summed E-state index contributed by atoms with van der Waals surface area (Å²) in [5.41, 5.74) is 0. The van der Waals surface area contributed by atoms with Crippen LogP contribution in [0.2, 0.25) is 0 Å². The molecule has 0 unspecified atom stereocenters. The maximum atomic E-state index is 8.58. The van der Waals surface area contributed by atoms with E-state index in [0.29, 0.717) is 0 Å². The van der Waals surface area contributed by atoms with Gasteiger partial charge in [0.1, 0.15) is 0 Å². The van der Waals surface area contributed by atoms with E-state index in [1.807, 2.05) is 0 Å². The zero-order valence-corrected chi connectivity index (χ0v) is 11.3. The van der Waals surface area contributed by atoms with E-state index in [0.717, 1.165) is 25.7 Å². The highest BCUT2D eigenvalue weighted by Gasteiger charge is 1.81. The van der Waals surface area contributed by atoms with Crippen molar-refractivity contribution in [3.63, 3.8) is 0 Å². The summed E-state index contributed by atoms with van der Waals surface area (Å²) in [4.78, 5) is 0. The fourth-order valence-electron chi connectivity index (χ4n) is 1.50.